The molecule has 1 saturated heterocycles. The molecular weight excluding hydrogens is 326 g/mol. The summed E-state index contributed by atoms with van der Waals surface area (Å²) in [6, 6.07) is 4.27. The summed E-state index contributed by atoms with van der Waals surface area (Å²) in [4.78, 5) is 35.7. The van der Waals surface area contributed by atoms with Gasteiger partial charge >= 0.3 is 11.7 Å². The maximum Gasteiger partial charge on any atom is 0.329 e. The number of aliphatic hydroxyl groups is 1. The van der Waals surface area contributed by atoms with Gasteiger partial charge in [0.25, 0.3) is 0 Å². The number of carbonyl (C=O) groups excluding carboxylic acids is 2. The number of aromatic nitrogens is 2. The van der Waals surface area contributed by atoms with Crippen molar-refractivity contribution in [2.75, 3.05) is 11.9 Å². The van der Waals surface area contributed by atoms with Crippen LogP contribution < -0.4 is 21.6 Å². The third kappa shape index (κ3) is 3.10. The monoisotopic (exact) mass is 347 g/mol. The van der Waals surface area contributed by atoms with E-state index < -0.39 is 12.3 Å². The molecule has 3 amide bonds. The van der Waals surface area contributed by atoms with E-state index in [1.165, 1.54) is 9.13 Å². The molecule has 1 fully saturated rings. The predicted molar refractivity (Wildman–Crippen MR) is 92.3 cm³/mol. The number of fused-ring (bicyclic) bond motifs is 1. The van der Waals surface area contributed by atoms with E-state index >= 15 is 0 Å². The molecule has 0 aliphatic carbocycles. The molecule has 0 bridgehead atoms. The van der Waals surface area contributed by atoms with E-state index in [0.29, 0.717) is 29.7 Å². The largest absolute Gasteiger partial charge is 0.372 e. The van der Waals surface area contributed by atoms with Gasteiger partial charge < -0.3 is 21.1 Å². The average molecular weight is 347 g/mol. The van der Waals surface area contributed by atoms with E-state index in [1.807, 2.05) is 6.92 Å². The highest BCUT2D eigenvalue weighted by Crippen LogP contribution is 2.26. The molecule has 9 heteroatoms. The SMILES string of the molecule is CCNC(=O)Nc1ccc2c(c1)n(C)c(=O)n2C1CCC(=O)NC1O. The first-order valence-electron chi connectivity index (χ1n) is 8.15. The molecule has 2 unspecified atom stereocenters. The van der Waals surface area contributed by atoms with Crippen molar-refractivity contribution in [2.45, 2.75) is 32.0 Å². The molecule has 2 aromatic rings. The summed E-state index contributed by atoms with van der Waals surface area (Å²) in [7, 11) is 1.63. The quantitative estimate of drug-likeness (QED) is 0.637. The van der Waals surface area contributed by atoms with Gasteiger partial charge in [-0.3, -0.25) is 13.9 Å². The normalized spacial score (nSPS) is 20.4. The molecule has 1 aromatic heterocycles. The molecule has 2 heterocycles. The van der Waals surface area contributed by atoms with Gasteiger partial charge in [0.15, 0.2) is 0 Å². The number of anilines is 1. The zero-order valence-electron chi connectivity index (χ0n) is 14.1. The average Bonchev–Trinajstić information content (AvgIpc) is 2.80. The third-order valence-corrected chi connectivity index (χ3v) is 4.36. The number of hydrogen-bond acceptors (Lipinski definition) is 4. The van der Waals surface area contributed by atoms with Crippen LogP contribution in [0.2, 0.25) is 0 Å². The van der Waals surface area contributed by atoms with E-state index in [0.717, 1.165) is 0 Å². The summed E-state index contributed by atoms with van der Waals surface area (Å²) < 4.78 is 2.96. The third-order valence-electron chi connectivity index (χ3n) is 4.36. The Labute approximate surface area is 143 Å². The van der Waals surface area contributed by atoms with Crippen LogP contribution in [-0.4, -0.2) is 39.0 Å². The van der Waals surface area contributed by atoms with E-state index in [-0.39, 0.29) is 24.0 Å². The van der Waals surface area contributed by atoms with Crippen LogP contribution in [0.4, 0.5) is 10.5 Å². The minimum absolute atomic E-state index is 0.231. The Kier molecular flexibility index (Phi) is 4.49. The Morgan fingerprint density at radius 1 is 1.36 bits per heavy atom. The van der Waals surface area contributed by atoms with Crippen molar-refractivity contribution in [1.82, 2.24) is 19.8 Å². The molecule has 0 saturated carbocycles. The standard InChI is InChI=1S/C16H21N5O4/c1-3-17-15(24)18-9-4-5-10-12(8-9)20(2)16(25)21(10)11-6-7-13(22)19-14(11)23/h4-5,8,11,14,23H,3,6-7H2,1-2H3,(H,19,22)(H2,17,18,24). The first-order valence-corrected chi connectivity index (χ1v) is 8.15. The van der Waals surface area contributed by atoms with Gasteiger partial charge in [-0.2, -0.15) is 0 Å². The summed E-state index contributed by atoms with van der Waals surface area (Å²) >= 11 is 0. The molecule has 3 rings (SSSR count). The van der Waals surface area contributed by atoms with E-state index in [1.54, 1.807) is 25.2 Å². The van der Waals surface area contributed by atoms with Crippen LogP contribution >= 0.6 is 0 Å². The van der Waals surface area contributed by atoms with Gasteiger partial charge in [-0.05, 0) is 31.5 Å². The second-order valence-corrected chi connectivity index (χ2v) is 6.02. The summed E-state index contributed by atoms with van der Waals surface area (Å²) in [5.74, 6) is -0.231. The smallest absolute Gasteiger partial charge is 0.329 e. The van der Waals surface area contributed by atoms with Crippen molar-refractivity contribution in [3.05, 3.63) is 28.7 Å². The second-order valence-electron chi connectivity index (χ2n) is 6.02. The zero-order chi connectivity index (χ0) is 18.1. The fraction of sp³-hybridized carbons (Fsp3) is 0.438. The lowest BCUT2D eigenvalue weighted by Crippen LogP contribution is -2.47. The van der Waals surface area contributed by atoms with Crippen LogP contribution in [0.3, 0.4) is 0 Å². The second kappa shape index (κ2) is 6.60. The number of imidazole rings is 1. The summed E-state index contributed by atoms with van der Waals surface area (Å²) in [6.45, 7) is 2.33. The van der Waals surface area contributed by atoms with Crippen molar-refractivity contribution >= 4 is 28.7 Å². The van der Waals surface area contributed by atoms with Crippen molar-refractivity contribution in [1.29, 1.82) is 0 Å². The van der Waals surface area contributed by atoms with Crippen molar-refractivity contribution in [3.8, 4) is 0 Å². The topological polar surface area (TPSA) is 117 Å². The number of carbonyl (C=O) groups is 2. The van der Waals surface area contributed by atoms with E-state index in [2.05, 4.69) is 16.0 Å². The number of nitrogens with one attached hydrogen (secondary N) is 3. The van der Waals surface area contributed by atoms with Gasteiger partial charge in [-0.25, -0.2) is 9.59 Å². The molecule has 0 spiro atoms. The first kappa shape index (κ1) is 17.0. The lowest BCUT2D eigenvalue weighted by molar-refractivity contribution is -0.128. The fourth-order valence-electron chi connectivity index (χ4n) is 3.14. The first-order chi connectivity index (χ1) is 11.9. The van der Waals surface area contributed by atoms with Gasteiger partial charge in [0.2, 0.25) is 5.91 Å². The molecule has 0 radical (unpaired) electrons. The van der Waals surface area contributed by atoms with Crippen LogP contribution in [-0.2, 0) is 11.8 Å². The maximum absolute atomic E-state index is 12.7. The van der Waals surface area contributed by atoms with Gasteiger partial charge in [0.05, 0.1) is 17.1 Å². The minimum Gasteiger partial charge on any atom is -0.372 e. The number of piperidine rings is 1. The molecular formula is C16H21N5O4. The lowest BCUT2D eigenvalue weighted by atomic mass is 10.0. The number of hydrogen-bond donors (Lipinski definition) is 4. The number of aliphatic hydroxyl groups excluding tert-OH is 1. The van der Waals surface area contributed by atoms with Crippen LogP contribution in [0.25, 0.3) is 11.0 Å². The molecule has 1 aromatic carbocycles. The molecule has 1 aliphatic heterocycles. The Hall–Kier alpha value is -2.81. The molecule has 4 N–H and O–H groups in total. The van der Waals surface area contributed by atoms with Gasteiger partial charge in [-0.1, -0.05) is 0 Å². The minimum atomic E-state index is -1.11. The number of rotatable bonds is 3. The number of amides is 3. The van der Waals surface area contributed by atoms with Gasteiger partial charge in [0.1, 0.15) is 6.23 Å². The van der Waals surface area contributed by atoms with E-state index in [4.69, 9.17) is 0 Å². The van der Waals surface area contributed by atoms with Crippen molar-refractivity contribution in [2.24, 2.45) is 7.05 Å². The van der Waals surface area contributed by atoms with Crippen molar-refractivity contribution in [3.63, 3.8) is 0 Å². The molecule has 9 nitrogen and oxygen atoms in total. The number of urea groups is 1. The molecule has 25 heavy (non-hydrogen) atoms. The maximum atomic E-state index is 12.7. The number of benzene rings is 1. The predicted octanol–water partition coefficient (Wildman–Crippen LogP) is 0.251. The molecule has 134 valence electrons. The Balaban J connectivity index is 2.01. The zero-order valence-corrected chi connectivity index (χ0v) is 14.1. The highest BCUT2D eigenvalue weighted by molar-refractivity contribution is 5.92. The highest BCUT2D eigenvalue weighted by atomic mass is 16.3. The fourth-order valence-corrected chi connectivity index (χ4v) is 3.14. The molecule has 2 atom stereocenters. The number of aryl methyl sites for hydroxylation is 1. The Morgan fingerprint density at radius 2 is 2.12 bits per heavy atom. The van der Waals surface area contributed by atoms with Crippen LogP contribution in [0.15, 0.2) is 23.0 Å². The van der Waals surface area contributed by atoms with E-state index in [9.17, 15) is 19.5 Å². The Bertz CT molecular complexity index is 885. The summed E-state index contributed by atoms with van der Waals surface area (Å²) in [5.41, 5.74) is 1.53. The van der Waals surface area contributed by atoms with Crippen LogP contribution in [0, 0.1) is 0 Å². The van der Waals surface area contributed by atoms with Crippen LogP contribution in [0.5, 0.6) is 0 Å². The van der Waals surface area contributed by atoms with Gasteiger partial charge in [0, 0.05) is 25.7 Å². The highest BCUT2D eigenvalue weighted by Gasteiger charge is 2.31. The summed E-state index contributed by atoms with van der Waals surface area (Å²) in [5, 5.41) is 18.0. The Morgan fingerprint density at radius 3 is 2.80 bits per heavy atom. The number of nitrogens with zero attached hydrogens (tertiary/aromatic N) is 2. The van der Waals surface area contributed by atoms with Gasteiger partial charge in [-0.15, -0.1) is 0 Å². The molecule has 1 aliphatic rings. The van der Waals surface area contributed by atoms with Crippen LogP contribution in [0.1, 0.15) is 25.8 Å². The summed E-state index contributed by atoms with van der Waals surface area (Å²) in [6.07, 6.45) is -0.482. The lowest BCUT2D eigenvalue weighted by Gasteiger charge is -2.29. The van der Waals surface area contributed by atoms with Crippen molar-refractivity contribution < 1.29 is 14.7 Å².